The van der Waals surface area contributed by atoms with Crippen LogP contribution in [0.1, 0.15) is 25.5 Å². The monoisotopic (exact) mass is 293 g/mol. The van der Waals surface area contributed by atoms with Crippen molar-refractivity contribution in [2.45, 2.75) is 26.7 Å². The summed E-state index contributed by atoms with van der Waals surface area (Å²) in [5, 5.41) is 3.04. The van der Waals surface area contributed by atoms with E-state index in [2.05, 4.69) is 5.32 Å². The highest BCUT2D eigenvalue weighted by Crippen LogP contribution is 2.29. The molecule has 0 saturated carbocycles. The fourth-order valence-corrected chi connectivity index (χ4v) is 2.59. The minimum Gasteiger partial charge on any atom is -0.310 e. The molecule has 0 aliphatic carbocycles. The van der Waals surface area contributed by atoms with Crippen molar-refractivity contribution in [3.05, 3.63) is 54.2 Å². The standard InChI is InChI=1S/C18H19N3O/c1-3-8-16(22)20-18-17(14-10-5-4-6-11-14)19-15-12-7-9-13(2)21(15)18/h4-7,9-12H,3,8H2,1-2H3,(H,20,22). The number of hydrogen-bond donors (Lipinski definition) is 1. The number of amides is 1. The smallest absolute Gasteiger partial charge is 0.225 e. The van der Waals surface area contributed by atoms with Crippen LogP contribution in [0.25, 0.3) is 16.9 Å². The first-order valence-corrected chi connectivity index (χ1v) is 7.54. The maximum Gasteiger partial charge on any atom is 0.225 e. The second-order valence-corrected chi connectivity index (χ2v) is 5.33. The number of aryl methyl sites for hydroxylation is 1. The molecule has 2 aromatic heterocycles. The van der Waals surface area contributed by atoms with Crippen LogP contribution in [0.15, 0.2) is 48.5 Å². The predicted octanol–water partition coefficient (Wildman–Crippen LogP) is 4.05. The number of nitrogens with one attached hydrogen (secondary N) is 1. The number of nitrogens with zero attached hydrogens (tertiary/aromatic N) is 2. The van der Waals surface area contributed by atoms with Gasteiger partial charge in [0, 0.05) is 17.7 Å². The van der Waals surface area contributed by atoms with Gasteiger partial charge in [0.15, 0.2) is 0 Å². The van der Waals surface area contributed by atoms with Crippen molar-refractivity contribution in [1.29, 1.82) is 0 Å². The molecular weight excluding hydrogens is 274 g/mol. The zero-order valence-electron chi connectivity index (χ0n) is 12.8. The van der Waals surface area contributed by atoms with Gasteiger partial charge in [0.05, 0.1) is 0 Å². The fraction of sp³-hybridized carbons (Fsp3) is 0.222. The summed E-state index contributed by atoms with van der Waals surface area (Å²) in [6, 6.07) is 15.9. The number of benzene rings is 1. The molecule has 1 amide bonds. The number of pyridine rings is 1. The van der Waals surface area contributed by atoms with Gasteiger partial charge in [-0.25, -0.2) is 4.98 Å². The second-order valence-electron chi connectivity index (χ2n) is 5.33. The maximum absolute atomic E-state index is 12.1. The average Bonchev–Trinajstić information content (AvgIpc) is 2.88. The molecule has 0 fully saturated rings. The van der Waals surface area contributed by atoms with E-state index in [-0.39, 0.29) is 5.91 Å². The van der Waals surface area contributed by atoms with Crippen LogP contribution >= 0.6 is 0 Å². The predicted molar refractivity (Wildman–Crippen MR) is 88.9 cm³/mol. The Kier molecular flexibility index (Phi) is 3.92. The number of aromatic nitrogens is 2. The van der Waals surface area contributed by atoms with Gasteiger partial charge in [0.1, 0.15) is 17.2 Å². The number of imidazole rings is 1. The van der Waals surface area contributed by atoms with Crippen molar-refractivity contribution in [3.63, 3.8) is 0 Å². The van der Waals surface area contributed by atoms with E-state index < -0.39 is 0 Å². The summed E-state index contributed by atoms with van der Waals surface area (Å²) < 4.78 is 2.00. The van der Waals surface area contributed by atoms with E-state index in [0.717, 1.165) is 34.8 Å². The van der Waals surface area contributed by atoms with Gasteiger partial charge < -0.3 is 5.32 Å². The summed E-state index contributed by atoms with van der Waals surface area (Å²) in [5.74, 6) is 0.766. The molecule has 0 unspecified atom stereocenters. The number of carbonyl (C=O) groups is 1. The Morgan fingerprint density at radius 3 is 2.64 bits per heavy atom. The van der Waals surface area contributed by atoms with E-state index in [1.54, 1.807) is 0 Å². The van der Waals surface area contributed by atoms with E-state index >= 15 is 0 Å². The number of carbonyl (C=O) groups excluding carboxylic acids is 1. The molecule has 0 aliphatic rings. The van der Waals surface area contributed by atoms with Crippen molar-refractivity contribution in [2.75, 3.05) is 5.32 Å². The number of rotatable bonds is 4. The SMILES string of the molecule is CCCC(=O)Nc1c(-c2ccccc2)nc2cccc(C)n12. The molecule has 112 valence electrons. The van der Waals surface area contributed by atoms with E-state index in [9.17, 15) is 4.79 Å². The van der Waals surface area contributed by atoms with Gasteiger partial charge in [-0.1, -0.05) is 43.3 Å². The lowest BCUT2D eigenvalue weighted by Gasteiger charge is -2.09. The zero-order chi connectivity index (χ0) is 15.5. The molecule has 0 atom stereocenters. The molecule has 0 aliphatic heterocycles. The van der Waals surface area contributed by atoms with Crippen LogP contribution in [0.2, 0.25) is 0 Å². The molecule has 3 rings (SSSR count). The van der Waals surface area contributed by atoms with Gasteiger partial charge in [-0.2, -0.15) is 0 Å². The number of fused-ring (bicyclic) bond motifs is 1. The lowest BCUT2D eigenvalue weighted by molar-refractivity contribution is -0.116. The summed E-state index contributed by atoms with van der Waals surface area (Å²) in [5.41, 5.74) is 3.68. The molecule has 3 aromatic rings. The molecular formula is C18H19N3O. The molecule has 1 aromatic carbocycles. The van der Waals surface area contributed by atoms with E-state index in [0.29, 0.717) is 6.42 Å². The summed E-state index contributed by atoms with van der Waals surface area (Å²) >= 11 is 0. The Balaban J connectivity index is 2.18. The summed E-state index contributed by atoms with van der Waals surface area (Å²) in [4.78, 5) is 16.8. The highest BCUT2D eigenvalue weighted by atomic mass is 16.1. The lowest BCUT2D eigenvalue weighted by Crippen LogP contribution is -2.13. The van der Waals surface area contributed by atoms with Gasteiger partial charge >= 0.3 is 0 Å². The van der Waals surface area contributed by atoms with Crippen molar-refractivity contribution in [3.8, 4) is 11.3 Å². The Bertz CT molecular complexity index is 806. The molecule has 4 heteroatoms. The quantitative estimate of drug-likeness (QED) is 0.789. The summed E-state index contributed by atoms with van der Waals surface area (Å²) in [7, 11) is 0. The number of anilines is 1. The van der Waals surface area contributed by atoms with Crippen LogP contribution in [-0.2, 0) is 4.79 Å². The Morgan fingerprint density at radius 2 is 1.91 bits per heavy atom. The first kappa shape index (κ1) is 14.3. The molecule has 0 spiro atoms. The number of hydrogen-bond acceptors (Lipinski definition) is 2. The first-order chi connectivity index (χ1) is 10.7. The third kappa shape index (κ3) is 2.60. The van der Waals surface area contributed by atoms with Crippen LogP contribution in [0, 0.1) is 6.92 Å². The van der Waals surface area contributed by atoms with Crippen LogP contribution in [0.4, 0.5) is 5.82 Å². The highest BCUT2D eigenvalue weighted by Gasteiger charge is 2.16. The molecule has 0 radical (unpaired) electrons. The summed E-state index contributed by atoms with van der Waals surface area (Å²) in [6.07, 6.45) is 1.33. The minimum absolute atomic E-state index is 0.0183. The minimum atomic E-state index is 0.0183. The molecule has 0 bridgehead atoms. The third-order valence-electron chi connectivity index (χ3n) is 3.62. The van der Waals surface area contributed by atoms with Gasteiger partial charge in [-0.05, 0) is 25.5 Å². The van der Waals surface area contributed by atoms with Crippen molar-refractivity contribution in [1.82, 2.24) is 9.38 Å². The van der Waals surface area contributed by atoms with Crippen LogP contribution in [0.3, 0.4) is 0 Å². The Hall–Kier alpha value is -2.62. The molecule has 2 heterocycles. The van der Waals surface area contributed by atoms with E-state index in [1.807, 2.05) is 66.8 Å². The zero-order valence-corrected chi connectivity index (χ0v) is 12.8. The topological polar surface area (TPSA) is 46.4 Å². The fourth-order valence-electron chi connectivity index (χ4n) is 2.59. The van der Waals surface area contributed by atoms with Gasteiger partial charge in [0.25, 0.3) is 0 Å². The molecule has 0 saturated heterocycles. The highest BCUT2D eigenvalue weighted by molar-refractivity contribution is 5.94. The molecule has 1 N–H and O–H groups in total. The van der Waals surface area contributed by atoms with E-state index in [1.165, 1.54) is 0 Å². The van der Waals surface area contributed by atoms with Crippen LogP contribution in [0.5, 0.6) is 0 Å². The Labute approximate surface area is 129 Å². The summed E-state index contributed by atoms with van der Waals surface area (Å²) in [6.45, 7) is 4.01. The second kappa shape index (κ2) is 6.02. The third-order valence-corrected chi connectivity index (χ3v) is 3.62. The lowest BCUT2D eigenvalue weighted by atomic mass is 10.1. The van der Waals surface area contributed by atoms with Crippen LogP contribution in [-0.4, -0.2) is 15.3 Å². The molecule has 22 heavy (non-hydrogen) atoms. The van der Waals surface area contributed by atoms with Crippen molar-refractivity contribution in [2.24, 2.45) is 0 Å². The van der Waals surface area contributed by atoms with Gasteiger partial charge in [-0.3, -0.25) is 9.20 Å². The maximum atomic E-state index is 12.1. The average molecular weight is 293 g/mol. The van der Waals surface area contributed by atoms with Gasteiger partial charge in [0.2, 0.25) is 5.91 Å². The van der Waals surface area contributed by atoms with Crippen molar-refractivity contribution >= 4 is 17.4 Å². The first-order valence-electron chi connectivity index (χ1n) is 7.54. The van der Waals surface area contributed by atoms with Gasteiger partial charge in [-0.15, -0.1) is 0 Å². The largest absolute Gasteiger partial charge is 0.310 e. The molecule has 4 nitrogen and oxygen atoms in total. The normalized spacial score (nSPS) is 10.8. The van der Waals surface area contributed by atoms with E-state index in [4.69, 9.17) is 4.98 Å². The van der Waals surface area contributed by atoms with Crippen LogP contribution < -0.4 is 5.32 Å². The Morgan fingerprint density at radius 1 is 1.14 bits per heavy atom. The van der Waals surface area contributed by atoms with Crippen molar-refractivity contribution < 1.29 is 4.79 Å².